The summed E-state index contributed by atoms with van der Waals surface area (Å²) in [5.41, 5.74) is 6.54. The van der Waals surface area contributed by atoms with E-state index in [1.807, 2.05) is 12.1 Å². The van der Waals surface area contributed by atoms with Crippen molar-refractivity contribution in [1.29, 1.82) is 0 Å². The third kappa shape index (κ3) is 6.34. The maximum absolute atomic E-state index is 10.5. The molecule has 0 amide bonds. The fraction of sp³-hybridized carbons (Fsp3) is 0.276. The van der Waals surface area contributed by atoms with Crippen molar-refractivity contribution in [2.24, 2.45) is 0 Å². The van der Waals surface area contributed by atoms with Gasteiger partial charge in [0.2, 0.25) is 0 Å². The lowest BCUT2D eigenvalue weighted by atomic mass is 10.1. The molecule has 0 aliphatic carbocycles. The Morgan fingerprint density at radius 3 is 2.47 bits per heavy atom. The minimum atomic E-state index is 0.636. The Kier molecular flexibility index (Phi) is 8.68. The Labute approximate surface area is 191 Å². The van der Waals surface area contributed by atoms with Gasteiger partial charge in [-0.25, -0.2) is 0 Å². The molecule has 4 aromatic rings. The van der Waals surface area contributed by atoms with Gasteiger partial charge in [0.15, 0.2) is 0 Å². The molecule has 0 aliphatic rings. The van der Waals surface area contributed by atoms with Crippen molar-refractivity contribution in [1.82, 2.24) is 4.57 Å². The van der Waals surface area contributed by atoms with Crippen LogP contribution in [0.2, 0.25) is 0 Å². The first-order chi connectivity index (χ1) is 15.6. The molecule has 3 aromatic carbocycles. The number of aldehydes is 1. The van der Waals surface area contributed by atoms with Crippen molar-refractivity contribution in [3.05, 3.63) is 101 Å². The molecule has 0 aliphatic heterocycles. The first kappa shape index (κ1) is 23.3. The highest BCUT2D eigenvalue weighted by atomic mass is 16.5. The fourth-order valence-electron chi connectivity index (χ4n) is 3.93. The minimum Gasteiger partial charge on any atom is -0.497 e. The number of hydrogen-bond acceptors (Lipinski definition) is 2. The zero-order valence-electron chi connectivity index (χ0n) is 19.4. The second-order valence-electron chi connectivity index (χ2n) is 8.05. The molecule has 0 fully saturated rings. The molecule has 0 unspecified atom stereocenters. The van der Waals surface area contributed by atoms with Crippen LogP contribution in [0.15, 0.2) is 79.0 Å². The van der Waals surface area contributed by atoms with Crippen LogP contribution in [0, 0.1) is 6.92 Å². The predicted molar refractivity (Wildman–Crippen MR) is 134 cm³/mol. The van der Waals surface area contributed by atoms with Gasteiger partial charge in [0.25, 0.3) is 0 Å². The van der Waals surface area contributed by atoms with Crippen molar-refractivity contribution >= 4 is 17.2 Å². The van der Waals surface area contributed by atoms with Crippen LogP contribution >= 0.6 is 0 Å². The number of carbonyl (C=O) groups is 1. The van der Waals surface area contributed by atoms with Crippen LogP contribution in [0.3, 0.4) is 0 Å². The fourth-order valence-corrected chi connectivity index (χ4v) is 3.93. The highest BCUT2D eigenvalue weighted by molar-refractivity contribution is 5.84. The smallest absolute Gasteiger partial charge is 0.120 e. The van der Waals surface area contributed by atoms with E-state index in [9.17, 15) is 4.79 Å². The van der Waals surface area contributed by atoms with Crippen LogP contribution in [0.1, 0.15) is 42.0 Å². The van der Waals surface area contributed by atoms with Gasteiger partial charge in [-0.3, -0.25) is 0 Å². The summed E-state index contributed by atoms with van der Waals surface area (Å²) in [6.07, 6.45) is 6.83. The molecule has 0 saturated heterocycles. The van der Waals surface area contributed by atoms with Gasteiger partial charge < -0.3 is 14.1 Å². The molecule has 3 heteroatoms. The van der Waals surface area contributed by atoms with Crippen molar-refractivity contribution in [2.45, 2.75) is 46.1 Å². The molecular weight excluding hydrogens is 394 g/mol. The van der Waals surface area contributed by atoms with Gasteiger partial charge in [-0.05, 0) is 61.1 Å². The zero-order chi connectivity index (χ0) is 22.8. The standard InChI is InChI=1S/C20H21NO.C9H12O/c1-16-7-6-8-17(13-16)14-21-15-18(9-4-5-12-22)19-10-2-3-11-20(19)21;1-3-8-5-4-6-9(7-8)10-2/h2-3,6-8,10-13,15H,4-5,9,14H2,1H3;4-7H,3H2,1-2H3. The van der Waals surface area contributed by atoms with Crippen molar-refractivity contribution in [3.8, 4) is 5.75 Å². The van der Waals surface area contributed by atoms with Gasteiger partial charge in [-0.15, -0.1) is 0 Å². The Balaban J connectivity index is 0.000000243. The van der Waals surface area contributed by atoms with Crippen molar-refractivity contribution in [2.75, 3.05) is 7.11 Å². The Bertz CT molecular complexity index is 1120. The third-order valence-electron chi connectivity index (χ3n) is 5.62. The molecule has 0 spiro atoms. The van der Waals surface area contributed by atoms with Crippen LogP contribution in [0.5, 0.6) is 5.75 Å². The molecule has 0 radical (unpaired) electrons. The lowest BCUT2D eigenvalue weighted by Crippen LogP contribution is -1.98. The zero-order valence-corrected chi connectivity index (χ0v) is 19.4. The van der Waals surface area contributed by atoms with E-state index in [2.05, 4.69) is 85.3 Å². The van der Waals surface area contributed by atoms with Crippen LogP contribution in [-0.2, 0) is 24.2 Å². The van der Waals surface area contributed by atoms with Gasteiger partial charge >= 0.3 is 0 Å². The number of ether oxygens (including phenoxy) is 1. The summed E-state index contributed by atoms with van der Waals surface area (Å²) in [5, 5.41) is 1.31. The summed E-state index contributed by atoms with van der Waals surface area (Å²) >= 11 is 0. The molecule has 32 heavy (non-hydrogen) atoms. The number of unbranched alkanes of at least 4 members (excludes halogenated alkanes) is 1. The summed E-state index contributed by atoms with van der Waals surface area (Å²) in [6, 6.07) is 25.3. The molecule has 3 nitrogen and oxygen atoms in total. The number of aromatic nitrogens is 1. The van der Waals surface area contributed by atoms with Crippen LogP contribution in [0.4, 0.5) is 0 Å². The van der Waals surface area contributed by atoms with Gasteiger partial charge in [0, 0.05) is 30.1 Å². The third-order valence-corrected chi connectivity index (χ3v) is 5.62. The van der Waals surface area contributed by atoms with E-state index in [0.29, 0.717) is 6.42 Å². The number of nitrogens with zero attached hydrogens (tertiary/aromatic N) is 1. The maximum Gasteiger partial charge on any atom is 0.120 e. The van der Waals surface area contributed by atoms with E-state index in [1.54, 1.807) is 7.11 Å². The molecule has 4 rings (SSSR count). The topological polar surface area (TPSA) is 31.2 Å². The largest absolute Gasteiger partial charge is 0.497 e. The quantitative estimate of drug-likeness (QED) is 0.229. The van der Waals surface area contributed by atoms with Gasteiger partial charge in [0.1, 0.15) is 12.0 Å². The number of methoxy groups -OCH3 is 1. The predicted octanol–water partition coefficient (Wildman–Crippen LogP) is 6.78. The van der Waals surface area contributed by atoms with Gasteiger partial charge in [0.05, 0.1) is 7.11 Å². The van der Waals surface area contributed by atoms with E-state index < -0.39 is 0 Å². The summed E-state index contributed by atoms with van der Waals surface area (Å²) in [4.78, 5) is 10.5. The second-order valence-corrected chi connectivity index (χ2v) is 8.05. The van der Waals surface area contributed by atoms with E-state index >= 15 is 0 Å². The van der Waals surface area contributed by atoms with E-state index in [1.165, 1.54) is 33.2 Å². The minimum absolute atomic E-state index is 0.636. The van der Waals surface area contributed by atoms with E-state index in [-0.39, 0.29) is 0 Å². The van der Waals surface area contributed by atoms with E-state index in [0.717, 1.165) is 37.8 Å². The lowest BCUT2D eigenvalue weighted by molar-refractivity contribution is -0.107. The van der Waals surface area contributed by atoms with Gasteiger partial charge in [-0.2, -0.15) is 0 Å². The number of para-hydroxylation sites is 1. The highest BCUT2D eigenvalue weighted by Gasteiger charge is 2.08. The normalized spacial score (nSPS) is 10.5. The number of carbonyl (C=O) groups excluding carboxylic acids is 1. The first-order valence-electron chi connectivity index (χ1n) is 11.3. The molecule has 0 N–H and O–H groups in total. The van der Waals surface area contributed by atoms with Crippen LogP contribution in [0.25, 0.3) is 10.9 Å². The van der Waals surface area contributed by atoms with Crippen LogP contribution in [-0.4, -0.2) is 18.0 Å². The molecule has 0 saturated carbocycles. The number of fused-ring (bicyclic) bond motifs is 1. The average Bonchev–Trinajstić information content (AvgIpc) is 3.17. The maximum atomic E-state index is 10.5. The number of hydrogen-bond donors (Lipinski definition) is 0. The Morgan fingerprint density at radius 1 is 0.938 bits per heavy atom. The Morgan fingerprint density at radius 2 is 1.72 bits per heavy atom. The molecule has 166 valence electrons. The average molecular weight is 428 g/mol. The second kappa shape index (κ2) is 11.9. The summed E-state index contributed by atoms with van der Waals surface area (Å²) in [6.45, 7) is 5.15. The lowest BCUT2D eigenvalue weighted by Gasteiger charge is -2.06. The van der Waals surface area contributed by atoms with Crippen molar-refractivity contribution < 1.29 is 9.53 Å². The molecule has 1 heterocycles. The molecule has 0 atom stereocenters. The summed E-state index contributed by atoms with van der Waals surface area (Å²) in [5.74, 6) is 0.944. The summed E-state index contributed by atoms with van der Waals surface area (Å²) in [7, 11) is 1.69. The van der Waals surface area contributed by atoms with Gasteiger partial charge in [-0.1, -0.05) is 67.1 Å². The first-order valence-corrected chi connectivity index (χ1v) is 11.3. The van der Waals surface area contributed by atoms with E-state index in [4.69, 9.17) is 4.74 Å². The number of rotatable bonds is 8. The molecule has 1 aromatic heterocycles. The number of benzene rings is 3. The van der Waals surface area contributed by atoms with Crippen molar-refractivity contribution in [3.63, 3.8) is 0 Å². The molecular formula is C29H33NO2. The number of aryl methyl sites for hydroxylation is 3. The highest BCUT2D eigenvalue weighted by Crippen LogP contribution is 2.24. The molecule has 0 bridgehead atoms. The SMILES string of the molecule is CCc1cccc(OC)c1.Cc1cccc(Cn2cc(CCCC=O)c3ccccc32)c1. The summed E-state index contributed by atoms with van der Waals surface area (Å²) < 4.78 is 7.38. The monoisotopic (exact) mass is 427 g/mol. The Hall–Kier alpha value is -3.33. The van der Waals surface area contributed by atoms with Crippen LogP contribution < -0.4 is 4.74 Å².